The molecule has 0 aliphatic carbocycles. The Kier molecular flexibility index (Phi) is 6.03. The number of amides is 1. The molecule has 1 fully saturated rings. The molecule has 2 aromatic carbocycles. The van der Waals surface area contributed by atoms with Crippen LogP contribution in [0.3, 0.4) is 0 Å². The highest BCUT2D eigenvalue weighted by Crippen LogP contribution is 2.18. The van der Waals surface area contributed by atoms with Gasteiger partial charge in [-0.2, -0.15) is 4.31 Å². The van der Waals surface area contributed by atoms with Crippen LogP contribution in [0.4, 0.5) is 0 Å². The monoisotopic (exact) mass is 373 g/mol. The second kappa shape index (κ2) is 8.44. The lowest BCUT2D eigenvalue weighted by Crippen LogP contribution is -2.50. The first-order valence-electron chi connectivity index (χ1n) is 8.65. The van der Waals surface area contributed by atoms with Crippen LogP contribution < -0.4 is 5.32 Å². The summed E-state index contributed by atoms with van der Waals surface area (Å²) in [5.41, 5.74) is 0.847. The number of sulfonamides is 1. The number of carbonyl (C=O) groups excluding carboxylic acids is 1. The van der Waals surface area contributed by atoms with Crippen LogP contribution in [0.1, 0.15) is 5.56 Å². The first kappa shape index (κ1) is 18.6. The van der Waals surface area contributed by atoms with E-state index in [2.05, 4.69) is 5.32 Å². The lowest BCUT2D eigenvalue weighted by atomic mass is 10.2. The highest BCUT2D eigenvalue weighted by atomic mass is 32.2. The van der Waals surface area contributed by atoms with Gasteiger partial charge in [-0.1, -0.05) is 48.5 Å². The van der Waals surface area contributed by atoms with Crippen LogP contribution in [0.2, 0.25) is 0 Å². The molecule has 26 heavy (non-hydrogen) atoms. The van der Waals surface area contributed by atoms with Crippen LogP contribution >= 0.6 is 0 Å². The van der Waals surface area contributed by atoms with Crippen molar-refractivity contribution in [2.75, 3.05) is 32.7 Å². The van der Waals surface area contributed by atoms with E-state index in [9.17, 15) is 13.2 Å². The molecule has 7 heteroatoms. The van der Waals surface area contributed by atoms with Crippen molar-refractivity contribution in [1.29, 1.82) is 0 Å². The second-order valence-corrected chi connectivity index (χ2v) is 8.14. The van der Waals surface area contributed by atoms with Crippen LogP contribution in [-0.4, -0.2) is 56.3 Å². The number of benzene rings is 2. The Bertz CT molecular complexity index is 820. The number of rotatable bonds is 6. The Morgan fingerprint density at radius 3 is 2.15 bits per heavy atom. The van der Waals surface area contributed by atoms with Crippen molar-refractivity contribution in [1.82, 2.24) is 14.5 Å². The second-order valence-electron chi connectivity index (χ2n) is 6.20. The molecular formula is C19H23N3O3S. The van der Waals surface area contributed by atoms with E-state index in [1.54, 1.807) is 35.2 Å². The Balaban J connectivity index is 1.85. The molecule has 0 unspecified atom stereocenters. The van der Waals surface area contributed by atoms with Gasteiger partial charge in [-0.3, -0.25) is 4.79 Å². The van der Waals surface area contributed by atoms with Crippen molar-refractivity contribution in [2.45, 2.75) is 11.4 Å². The summed E-state index contributed by atoms with van der Waals surface area (Å²) in [5, 5.41) is 3.19. The zero-order valence-electron chi connectivity index (χ0n) is 14.5. The molecule has 1 N–H and O–H groups in total. The van der Waals surface area contributed by atoms with Gasteiger partial charge >= 0.3 is 0 Å². The van der Waals surface area contributed by atoms with Gasteiger partial charge in [-0.25, -0.2) is 8.42 Å². The number of nitrogens with zero attached hydrogens (tertiary/aromatic N) is 2. The van der Waals surface area contributed by atoms with E-state index in [0.717, 1.165) is 18.7 Å². The summed E-state index contributed by atoms with van der Waals surface area (Å²) in [6.45, 7) is 2.67. The molecule has 3 rings (SSSR count). The van der Waals surface area contributed by atoms with Gasteiger partial charge in [0, 0.05) is 32.7 Å². The zero-order valence-corrected chi connectivity index (χ0v) is 15.4. The number of carbonyl (C=O) groups is 1. The number of hydrogen-bond donors (Lipinski definition) is 1. The number of hydrogen-bond acceptors (Lipinski definition) is 4. The third-order valence-electron chi connectivity index (χ3n) is 4.36. The van der Waals surface area contributed by atoms with Crippen LogP contribution in [-0.2, 0) is 21.4 Å². The molecule has 0 aromatic heterocycles. The SMILES string of the molecule is O=C(CN(Cc1ccccc1)S(=O)(=O)c1ccccc1)N1CCNCC1. The number of nitrogens with one attached hydrogen (secondary N) is 1. The van der Waals surface area contributed by atoms with E-state index in [4.69, 9.17) is 0 Å². The Labute approximate surface area is 154 Å². The average Bonchev–Trinajstić information content (AvgIpc) is 2.69. The minimum absolute atomic E-state index is 0.161. The molecule has 0 spiro atoms. The van der Waals surface area contributed by atoms with Gasteiger partial charge < -0.3 is 10.2 Å². The van der Waals surface area contributed by atoms with E-state index >= 15 is 0 Å². The fraction of sp³-hybridized carbons (Fsp3) is 0.316. The fourth-order valence-corrected chi connectivity index (χ4v) is 4.32. The molecule has 0 radical (unpaired) electrons. The molecule has 0 atom stereocenters. The topological polar surface area (TPSA) is 69.7 Å². The molecular weight excluding hydrogens is 350 g/mol. The number of piperazine rings is 1. The van der Waals surface area contributed by atoms with Crippen LogP contribution in [0.15, 0.2) is 65.6 Å². The lowest BCUT2D eigenvalue weighted by Gasteiger charge is -2.30. The molecule has 1 aliphatic heterocycles. The minimum atomic E-state index is -3.76. The van der Waals surface area contributed by atoms with Gasteiger partial charge in [-0.15, -0.1) is 0 Å². The van der Waals surface area contributed by atoms with E-state index in [0.29, 0.717) is 13.1 Å². The molecule has 0 bridgehead atoms. The molecule has 1 aliphatic rings. The lowest BCUT2D eigenvalue weighted by molar-refractivity contribution is -0.132. The zero-order chi connectivity index (χ0) is 18.4. The predicted octanol–water partition coefficient (Wildman–Crippen LogP) is 1.31. The largest absolute Gasteiger partial charge is 0.339 e. The summed E-state index contributed by atoms with van der Waals surface area (Å²) in [5.74, 6) is -0.165. The van der Waals surface area contributed by atoms with E-state index in [-0.39, 0.29) is 23.9 Å². The highest BCUT2D eigenvalue weighted by Gasteiger charge is 2.29. The van der Waals surface area contributed by atoms with Crippen molar-refractivity contribution in [3.05, 3.63) is 66.2 Å². The van der Waals surface area contributed by atoms with Crippen molar-refractivity contribution in [2.24, 2.45) is 0 Å². The first-order valence-corrected chi connectivity index (χ1v) is 10.1. The quantitative estimate of drug-likeness (QED) is 0.829. The summed E-state index contributed by atoms with van der Waals surface area (Å²) >= 11 is 0. The molecule has 6 nitrogen and oxygen atoms in total. The molecule has 2 aromatic rings. The minimum Gasteiger partial charge on any atom is -0.339 e. The summed E-state index contributed by atoms with van der Waals surface area (Å²) in [4.78, 5) is 14.6. The summed E-state index contributed by atoms with van der Waals surface area (Å²) in [6.07, 6.45) is 0. The summed E-state index contributed by atoms with van der Waals surface area (Å²) < 4.78 is 27.5. The Hall–Kier alpha value is -2.22. The van der Waals surface area contributed by atoms with Gasteiger partial charge in [0.1, 0.15) is 0 Å². The van der Waals surface area contributed by atoms with Crippen molar-refractivity contribution in [3.8, 4) is 0 Å². The van der Waals surface area contributed by atoms with E-state index in [1.165, 1.54) is 4.31 Å². The normalized spacial score (nSPS) is 15.2. The van der Waals surface area contributed by atoms with Crippen molar-refractivity contribution in [3.63, 3.8) is 0 Å². The van der Waals surface area contributed by atoms with Gasteiger partial charge in [0.05, 0.1) is 11.4 Å². The summed E-state index contributed by atoms with van der Waals surface area (Å²) in [6, 6.07) is 17.6. The van der Waals surface area contributed by atoms with Gasteiger partial charge in [0.2, 0.25) is 15.9 Å². The first-order chi connectivity index (χ1) is 12.6. The maximum Gasteiger partial charge on any atom is 0.243 e. The molecule has 1 amide bonds. The highest BCUT2D eigenvalue weighted by molar-refractivity contribution is 7.89. The predicted molar refractivity (Wildman–Crippen MR) is 99.9 cm³/mol. The Morgan fingerprint density at radius 2 is 1.54 bits per heavy atom. The molecule has 138 valence electrons. The molecule has 1 saturated heterocycles. The maximum absolute atomic E-state index is 13.1. The summed E-state index contributed by atoms with van der Waals surface area (Å²) in [7, 11) is -3.76. The van der Waals surface area contributed by atoms with Gasteiger partial charge in [0.15, 0.2) is 0 Å². The standard InChI is InChI=1S/C19H23N3O3S/c23-19(21-13-11-20-12-14-21)16-22(15-17-7-3-1-4-8-17)26(24,25)18-9-5-2-6-10-18/h1-10,20H,11-16H2. The van der Waals surface area contributed by atoms with Crippen LogP contribution in [0.25, 0.3) is 0 Å². The van der Waals surface area contributed by atoms with Crippen molar-refractivity contribution < 1.29 is 13.2 Å². The smallest absolute Gasteiger partial charge is 0.243 e. The van der Waals surface area contributed by atoms with Crippen molar-refractivity contribution >= 4 is 15.9 Å². The Morgan fingerprint density at radius 1 is 0.962 bits per heavy atom. The third kappa shape index (κ3) is 4.49. The maximum atomic E-state index is 13.1. The van der Waals surface area contributed by atoms with E-state index in [1.807, 2.05) is 30.3 Å². The van der Waals surface area contributed by atoms with Crippen LogP contribution in [0, 0.1) is 0 Å². The third-order valence-corrected chi connectivity index (χ3v) is 6.17. The molecule has 1 heterocycles. The molecule has 0 saturated carbocycles. The van der Waals surface area contributed by atoms with Crippen LogP contribution in [0.5, 0.6) is 0 Å². The van der Waals surface area contributed by atoms with E-state index < -0.39 is 10.0 Å². The van der Waals surface area contributed by atoms with Gasteiger partial charge in [-0.05, 0) is 17.7 Å². The average molecular weight is 373 g/mol. The van der Waals surface area contributed by atoms with Gasteiger partial charge in [0.25, 0.3) is 0 Å². The fourth-order valence-electron chi connectivity index (χ4n) is 2.92.